The number of nitrogens with one attached hydrogen (secondary N) is 2. The lowest BCUT2D eigenvalue weighted by atomic mass is 10.0. The first-order valence-electron chi connectivity index (χ1n) is 8.87. The summed E-state index contributed by atoms with van der Waals surface area (Å²) in [6.07, 6.45) is 5.99. The zero-order valence-corrected chi connectivity index (χ0v) is 14.3. The number of rotatable bonds is 4. The number of fused-ring (bicyclic) bond motifs is 1. The summed E-state index contributed by atoms with van der Waals surface area (Å²) in [5.74, 6) is 1.32. The Morgan fingerprint density at radius 2 is 1.88 bits per heavy atom. The van der Waals surface area contributed by atoms with Gasteiger partial charge < -0.3 is 15.2 Å². The molecule has 0 spiro atoms. The molecule has 2 aromatic rings. The molecule has 0 radical (unpaired) electrons. The lowest BCUT2D eigenvalue weighted by molar-refractivity contribution is 0.0950. The zero-order valence-electron chi connectivity index (χ0n) is 14.3. The van der Waals surface area contributed by atoms with Crippen LogP contribution < -0.4 is 10.6 Å². The quantitative estimate of drug-likeness (QED) is 0.900. The minimum absolute atomic E-state index is 0.0590. The monoisotopic (exact) mass is 338 g/mol. The molecule has 130 valence electrons. The molecule has 2 heterocycles. The minimum atomic E-state index is -0.218. The highest BCUT2D eigenvalue weighted by Crippen LogP contribution is 2.21. The number of carbonyl (C=O) groups is 2. The fraction of sp³-hybridized carbons (Fsp3) is 0.421. The number of nitrogens with zero attached hydrogens (tertiary/aromatic N) is 2. The second-order valence-electron chi connectivity index (χ2n) is 7.11. The first kappa shape index (κ1) is 15.9. The number of imidazole rings is 1. The van der Waals surface area contributed by atoms with Crippen LogP contribution in [0.15, 0.2) is 30.5 Å². The van der Waals surface area contributed by atoms with Crippen LogP contribution in [-0.4, -0.2) is 27.4 Å². The van der Waals surface area contributed by atoms with Gasteiger partial charge in [0, 0.05) is 36.5 Å². The van der Waals surface area contributed by atoms with E-state index in [0.29, 0.717) is 28.9 Å². The summed E-state index contributed by atoms with van der Waals surface area (Å²) in [6, 6.07) is 7.29. The van der Waals surface area contributed by atoms with Gasteiger partial charge in [-0.3, -0.25) is 9.59 Å². The molecule has 1 aliphatic heterocycles. The molecule has 0 bridgehead atoms. The predicted octanol–water partition coefficient (Wildman–Crippen LogP) is 2.61. The van der Waals surface area contributed by atoms with Crippen molar-refractivity contribution in [3.05, 3.63) is 47.5 Å². The lowest BCUT2D eigenvalue weighted by Gasteiger charge is -2.18. The maximum atomic E-state index is 12.4. The van der Waals surface area contributed by atoms with Crippen LogP contribution >= 0.6 is 0 Å². The van der Waals surface area contributed by atoms with Gasteiger partial charge in [0.05, 0.1) is 0 Å². The number of amides is 2. The van der Waals surface area contributed by atoms with Crippen LogP contribution in [0.5, 0.6) is 0 Å². The summed E-state index contributed by atoms with van der Waals surface area (Å²) < 4.78 is 2.07. The molecule has 6 nitrogen and oxygen atoms in total. The highest BCUT2D eigenvalue weighted by atomic mass is 16.2. The summed E-state index contributed by atoms with van der Waals surface area (Å²) in [6.45, 7) is 3.13. The fourth-order valence-electron chi connectivity index (χ4n) is 3.09. The van der Waals surface area contributed by atoms with Crippen LogP contribution in [0.25, 0.3) is 0 Å². The van der Waals surface area contributed by atoms with E-state index in [1.54, 1.807) is 24.3 Å². The first-order chi connectivity index (χ1) is 12.1. The van der Waals surface area contributed by atoms with Gasteiger partial charge in [-0.1, -0.05) is 6.92 Å². The zero-order chi connectivity index (χ0) is 17.4. The topological polar surface area (TPSA) is 76.0 Å². The molecule has 2 N–H and O–H groups in total. The van der Waals surface area contributed by atoms with Gasteiger partial charge in [0.25, 0.3) is 11.8 Å². The molecular weight excluding hydrogens is 316 g/mol. The van der Waals surface area contributed by atoms with E-state index >= 15 is 0 Å². The van der Waals surface area contributed by atoms with Gasteiger partial charge in [-0.15, -0.1) is 0 Å². The van der Waals surface area contributed by atoms with Crippen molar-refractivity contribution in [3.8, 4) is 0 Å². The van der Waals surface area contributed by atoms with Crippen molar-refractivity contribution in [2.24, 2.45) is 5.92 Å². The SMILES string of the molecule is CC1CCn2cc(C(=O)Nc3ccc(C(=O)NC4CC4)cc3)nc2C1. The number of aryl methyl sites for hydroxylation is 1. The van der Waals surface area contributed by atoms with Crippen LogP contribution in [0.1, 0.15) is 52.9 Å². The summed E-state index contributed by atoms with van der Waals surface area (Å²) in [7, 11) is 0. The maximum Gasteiger partial charge on any atom is 0.275 e. The molecule has 1 fully saturated rings. The summed E-state index contributed by atoms with van der Waals surface area (Å²) in [5, 5.41) is 5.80. The van der Waals surface area contributed by atoms with Crippen LogP contribution in [0.4, 0.5) is 5.69 Å². The van der Waals surface area contributed by atoms with Crippen molar-refractivity contribution in [3.63, 3.8) is 0 Å². The van der Waals surface area contributed by atoms with Crippen molar-refractivity contribution in [1.82, 2.24) is 14.9 Å². The maximum absolute atomic E-state index is 12.4. The minimum Gasteiger partial charge on any atom is -0.349 e. The largest absolute Gasteiger partial charge is 0.349 e. The van der Waals surface area contributed by atoms with Gasteiger partial charge in [-0.2, -0.15) is 0 Å². The van der Waals surface area contributed by atoms with Crippen LogP contribution in [0.3, 0.4) is 0 Å². The van der Waals surface area contributed by atoms with Gasteiger partial charge in [0.1, 0.15) is 11.5 Å². The van der Waals surface area contributed by atoms with E-state index in [1.165, 1.54) is 0 Å². The molecule has 2 amide bonds. The van der Waals surface area contributed by atoms with E-state index < -0.39 is 0 Å². The van der Waals surface area contributed by atoms with E-state index in [2.05, 4.69) is 27.1 Å². The number of hydrogen-bond donors (Lipinski definition) is 2. The summed E-state index contributed by atoms with van der Waals surface area (Å²) in [4.78, 5) is 28.9. The van der Waals surface area contributed by atoms with E-state index in [9.17, 15) is 9.59 Å². The Labute approximate surface area is 146 Å². The predicted molar refractivity (Wildman–Crippen MR) is 94.6 cm³/mol. The Balaban J connectivity index is 1.41. The molecule has 1 unspecified atom stereocenters. The Bertz CT molecular complexity index is 805. The molecule has 25 heavy (non-hydrogen) atoms. The Kier molecular flexibility index (Phi) is 4.03. The Morgan fingerprint density at radius 3 is 2.60 bits per heavy atom. The smallest absolute Gasteiger partial charge is 0.275 e. The molecule has 1 saturated carbocycles. The summed E-state index contributed by atoms with van der Waals surface area (Å²) in [5.41, 5.74) is 1.71. The van der Waals surface area contributed by atoms with E-state index in [1.807, 2.05) is 6.20 Å². The molecule has 2 aliphatic rings. The van der Waals surface area contributed by atoms with Gasteiger partial charge in [0.2, 0.25) is 0 Å². The van der Waals surface area contributed by atoms with E-state index in [-0.39, 0.29) is 11.8 Å². The van der Waals surface area contributed by atoms with Crippen molar-refractivity contribution < 1.29 is 9.59 Å². The van der Waals surface area contributed by atoms with Crippen molar-refractivity contribution in [1.29, 1.82) is 0 Å². The fourth-order valence-corrected chi connectivity index (χ4v) is 3.09. The van der Waals surface area contributed by atoms with Crippen molar-refractivity contribution in [2.45, 2.75) is 45.2 Å². The molecule has 1 aromatic heterocycles. The highest BCUT2D eigenvalue weighted by Gasteiger charge is 2.24. The summed E-state index contributed by atoms with van der Waals surface area (Å²) >= 11 is 0. The molecule has 6 heteroatoms. The van der Waals surface area contributed by atoms with Gasteiger partial charge >= 0.3 is 0 Å². The van der Waals surface area contributed by atoms with Gasteiger partial charge in [-0.05, 0) is 49.4 Å². The lowest BCUT2D eigenvalue weighted by Crippen LogP contribution is -2.25. The van der Waals surface area contributed by atoms with E-state index in [0.717, 1.165) is 38.1 Å². The van der Waals surface area contributed by atoms with Crippen molar-refractivity contribution >= 4 is 17.5 Å². The third kappa shape index (κ3) is 3.57. The molecular formula is C19H22N4O2. The number of aromatic nitrogens is 2. The number of benzene rings is 1. The molecule has 0 saturated heterocycles. The van der Waals surface area contributed by atoms with Crippen LogP contribution in [0.2, 0.25) is 0 Å². The third-order valence-corrected chi connectivity index (χ3v) is 4.80. The highest BCUT2D eigenvalue weighted by molar-refractivity contribution is 6.03. The molecule has 1 aliphatic carbocycles. The molecule has 1 aromatic carbocycles. The van der Waals surface area contributed by atoms with E-state index in [4.69, 9.17) is 0 Å². The number of anilines is 1. The van der Waals surface area contributed by atoms with Crippen molar-refractivity contribution in [2.75, 3.05) is 5.32 Å². The van der Waals surface area contributed by atoms with Crippen LogP contribution in [-0.2, 0) is 13.0 Å². The number of hydrogen-bond acceptors (Lipinski definition) is 3. The van der Waals surface area contributed by atoms with Crippen LogP contribution in [0, 0.1) is 5.92 Å². The van der Waals surface area contributed by atoms with Gasteiger partial charge in [-0.25, -0.2) is 4.98 Å². The second kappa shape index (κ2) is 6.35. The average Bonchev–Trinajstić information content (AvgIpc) is 3.31. The Hall–Kier alpha value is -2.63. The first-order valence-corrected chi connectivity index (χ1v) is 8.87. The normalized spacial score (nSPS) is 19.2. The molecule has 1 atom stereocenters. The Morgan fingerprint density at radius 1 is 1.12 bits per heavy atom. The average molecular weight is 338 g/mol. The number of carbonyl (C=O) groups excluding carboxylic acids is 2. The standard InChI is InChI=1S/C19H22N4O2/c1-12-8-9-23-11-16(22-17(23)10-12)19(25)21-14-4-2-13(3-5-14)18(24)20-15-6-7-15/h2-5,11-12,15H,6-10H2,1H3,(H,20,24)(H,21,25). The molecule has 4 rings (SSSR count). The van der Waals surface area contributed by atoms with Gasteiger partial charge in [0.15, 0.2) is 0 Å². The third-order valence-electron chi connectivity index (χ3n) is 4.80. The second-order valence-corrected chi connectivity index (χ2v) is 7.11.